The molecule has 8 heteroatoms. The Hall–Kier alpha value is -2.09. The van der Waals surface area contributed by atoms with Crippen LogP contribution in [-0.2, 0) is 26.9 Å². The molecule has 2 fully saturated rings. The number of ether oxygens (including phenoxy) is 1. The summed E-state index contributed by atoms with van der Waals surface area (Å²) in [6.07, 6.45) is -3.51. The lowest BCUT2D eigenvalue weighted by molar-refractivity contribution is -0.147. The fourth-order valence-corrected chi connectivity index (χ4v) is 3.93. The Labute approximate surface area is 148 Å². The summed E-state index contributed by atoms with van der Waals surface area (Å²) in [4.78, 5) is 25.7. The van der Waals surface area contributed by atoms with E-state index in [1.165, 1.54) is 17.0 Å². The maximum Gasteiger partial charge on any atom is 0.416 e. The molecule has 5 nitrogen and oxygen atoms in total. The van der Waals surface area contributed by atoms with Crippen molar-refractivity contribution < 1.29 is 32.6 Å². The van der Waals surface area contributed by atoms with Crippen molar-refractivity contribution in [1.29, 1.82) is 0 Å². The van der Waals surface area contributed by atoms with Gasteiger partial charge < -0.3 is 14.7 Å². The van der Waals surface area contributed by atoms with Crippen LogP contribution >= 0.6 is 0 Å². The molecule has 1 aromatic rings. The molecule has 1 amide bonds. The number of amides is 1. The SMILES string of the molecule is O=C(O)C1CN(C(=O)Cc2cccc(C(F)(F)F)c2)CC12CCOCC2. The summed E-state index contributed by atoms with van der Waals surface area (Å²) in [7, 11) is 0. The van der Waals surface area contributed by atoms with E-state index in [0.29, 0.717) is 32.6 Å². The number of benzene rings is 1. The van der Waals surface area contributed by atoms with E-state index in [-0.39, 0.29) is 24.4 Å². The molecule has 26 heavy (non-hydrogen) atoms. The number of hydrogen-bond donors (Lipinski definition) is 1. The van der Waals surface area contributed by atoms with Crippen LogP contribution in [0, 0.1) is 11.3 Å². The number of carboxylic acids is 1. The molecule has 0 aromatic heterocycles. The highest BCUT2D eigenvalue weighted by Gasteiger charge is 2.51. The van der Waals surface area contributed by atoms with Gasteiger partial charge in [0.2, 0.25) is 5.91 Å². The number of hydrogen-bond acceptors (Lipinski definition) is 3. The Morgan fingerprint density at radius 1 is 1.27 bits per heavy atom. The Kier molecular flexibility index (Phi) is 4.96. The van der Waals surface area contributed by atoms with Crippen LogP contribution in [0.15, 0.2) is 24.3 Å². The topological polar surface area (TPSA) is 66.8 Å². The Morgan fingerprint density at radius 3 is 2.58 bits per heavy atom. The number of alkyl halides is 3. The Balaban J connectivity index is 1.74. The van der Waals surface area contributed by atoms with E-state index in [4.69, 9.17) is 4.74 Å². The van der Waals surface area contributed by atoms with Gasteiger partial charge in [0.25, 0.3) is 0 Å². The summed E-state index contributed by atoms with van der Waals surface area (Å²) in [5.74, 6) is -1.96. The van der Waals surface area contributed by atoms with Crippen molar-refractivity contribution in [3.63, 3.8) is 0 Å². The minimum atomic E-state index is -4.47. The van der Waals surface area contributed by atoms with E-state index < -0.39 is 29.0 Å². The molecule has 2 aliphatic heterocycles. The number of carbonyl (C=O) groups is 2. The molecule has 2 heterocycles. The number of carbonyl (C=O) groups excluding carboxylic acids is 1. The summed E-state index contributed by atoms with van der Waals surface area (Å²) in [6.45, 7) is 1.32. The molecule has 2 aliphatic rings. The van der Waals surface area contributed by atoms with E-state index >= 15 is 0 Å². The lowest BCUT2D eigenvalue weighted by Crippen LogP contribution is -2.40. The van der Waals surface area contributed by atoms with Crippen molar-refractivity contribution >= 4 is 11.9 Å². The molecule has 1 aromatic carbocycles. The van der Waals surface area contributed by atoms with E-state index in [0.717, 1.165) is 12.1 Å². The van der Waals surface area contributed by atoms with Crippen molar-refractivity contribution in [3.8, 4) is 0 Å². The van der Waals surface area contributed by atoms with Crippen LogP contribution in [0.2, 0.25) is 0 Å². The van der Waals surface area contributed by atoms with Crippen LogP contribution in [0.3, 0.4) is 0 Å². The van der Waals surface area contributed by atoms with Gasteiger partial charge in [-0.1, -0.05) is 18.2 Å². The first-order valence-electron chi connectivity index (χ1n) is 8.46. The molecule has 2 saturated heterocycles. The average molecular weight is 371 g/mol. The summed E-state index contributed by atoms with van der Waals surface area (Å²) >= 11 is 0. The van der Waals surface area contributed by atoms with Crippen LogP contribution in [-0.4, -0.2) is 48.2 Å². The Morgan fingerprint density at radius 2 is 1.96 bits per heavy atom. The van der Waals surface area contributed by atoms with Gasteiger partial charge in [-0.25, -0.2) is 0 Å². The standard InChI is InChI=1S/C18H20F3NO4/c19-18(20,21)13-3-1-2-12(8-13)9-15(23)22-10-14(16(24)25)17(11-22)4-6-26-7-5-17/h1-3,8,14H,4-7,9-11H2,(H,24,25). The highest BCUT2D eigenvalue weighted by atomic mass is 19.4. The first kappa shape index (κ1) is 18.7. The monoisotopic (exact) mass is 371 g/mol. The van der Waals surface area contributed by atoms with Crippen molar-refractivity contribution in [2.75, 3.05) is 26.3 Å². The zero-order valence-electron chi connectivity index (χ0n) is 14.1. The summed E-state index contributed by atoms with van der Waals surface area (Å²) in [6, 6.07) is 4.67. The van der Waals surface area contributed by atoms with Gasteiger partial charge in [-0.2, -0.15) is 13.2 Å². The second kappa shape index (κ2) is 6.90. The normalized spacial score (nSPS) is 22.6. The van der Waals surface area contributed by atoms with E-state index in [1.54, 1.807) is 0 Å². The first-order valence-corrected chi connectivity index (χ1v) is 8.46. The van der Waals surface area contributed by atoms with Crippen molar-refractivity contribution in [2.24, 2.45) is 11.3 Å². The number of likely N-dealkylation sites (tertiary alicyclic amines) is 1. The fourth-order valence-electron chi connectivity index (χ4n) is 3.93. The lowest BCUT2D eigenvalue weighted by Gasteiger charge is -2.36. The number of nitrogens with zero attached hydrogens (tertiary/aromatic N) is 1. The Bertz CT molecular complexity index is 698. The van der Waals surface area contributed by atoms with Gasteiger partial charge in [-0.05, 0) is 24.5 Å². The van der Waals surface area contributed by atoms with E-state index in [9.17, 15) is 27.9 Å². The van der Waals surface area contributed by atoms with Gasteiger partial charge in [-0.15, -0.1) is 0 Å². The fraction of sp³-hybridized carbons (Fsp3) is 0.556. The molecule has 0 saturated carbocycles. The summed E-state index contributed by atoms with van der Waals surface area (Å²) in [5, 5.41) is 9.54. The van der Waals surface area contributed by atoms with Gasteiger partial charge in [0.05, 0.1) is 17.9 Å². The molecule has 0 aliphatic carbocycles. The van der Waals surface area contributed by atoms with Gasteiger partial charge in [0.1, 0.15) is 0 Å². The molecule has 142 valence electrons. The molecule has 1 atom stereocenters. The van der Waals surface area contributed by atoms with Crippen LogP contribution < -0.4 is 0 Å². The molecule has 0 bridgehead atoms. The molecule has 1 spiro atoms. The summed E-state index contributed by atoms with van der Waals surface area (Å²) in [5.41, 5.74) is -1.04. The second-order valence-electron chi connectivity index (χ2n) is 7.01. The van der Waals surface area contributed by atoms with E-state index in [2.05, 4.69) is 0 Å². The van der Waals surface area contributed by atoms with Crippen molar-refractivity contribution in [2.45, 2.75) is 25.4 Å². The molecular weight excluding hydrogens is 351 g/mol. The van der Waals surface area contributed by atoms with Crippen LogP contribution in [0.25, 0.3) is 0 Å². The molecule has 0 radical (unpaired) electrons. The van der Waals surface area contributed by atoms with Gasteiger partial charge in [-0.3, -0.25) is 9.59 Å². The number of aliphatic carboxylic acids is 1. The second-order valence-corrected chi connectivity index (χ2v) is 7.01. The molecular formula is C18H20F3NO4. The van der Waals surface area contributed by atoms with Gasteiger partial charge >= 0.3 is 12.1 Å². The zero-order valence-corrected chi connectivity index (χ0v) is 14.1. The summed E-state index contributed by atoms with van der Waals surface area (Å²) < 4.78 is 43.8. The first-order chi connectivity index (χ1) is 12.2. The third-order valence-corrected chi connectivity index (χ3v) is 5.40. The minimum absolute atomic E-state index is 0.0904. The van der Waals surface area contributed by atoms with Crippen molar-refractivity contribution in [1.82, 2.24) is 4.90 Å². The largest absolute Gasteiger partial charge is 0.481 e. The number of rotatable bonds is 3. The van der Waals surface area contributed by atoms with Crippen LogP contribution in [0.4, 0.5) is 13.2 Å². The van der Waals surface area contributed by atoms with Crippen LogP contribution in [0.5, 0.6) is 0 Å². The maximum absolute atomic E-state index is 12.8. The highest BCUT2D eigenvalue weighted by molar-refractivity contribution is 5.81. The van der Waals surface area contributed by atoms with Gasteiger partial charge in [0.15, 0.2) is 0 Å². The van der Waals surface area contributed by atoms with Crippen molar-refractivity contribution in [3.05, 3.63) is 35.4 Å². The average Bonchev–Trinajstić information content (AvgIpc) is 2.94. The van der Waals surface area contributed by atoms with Gasteiger partial charge in [0, 0.05) is 31.7 Å². The lowest BCUT2D eigenvalue weighted by atomic mass is 9.72. The van der Waals surface area contributed by atoms with E-state index in [1.807, 2.05) is 0 Å². The van der Waals surface area contributed by atoms with Crippen LogP contribution in [0.1, 0.15) is 24.0 Å². The number of halogens is 3. The molecule has 1 N–H and O–H groups in total. The third-order valence-electron chi connectivity index (χ3n) is 5.40. The number of carboxylic acid groups (broad SMARTS) is 1. The maximum atomic E-state index is 12.8. The minimum Gasteiger partial charge on any atom is -0.481 e. The smallest absolute Gasteiger partial charge is 0.416 e. The predicted molar refractivity (Wildman–Crippen MR) is 85.3 cm³/mol. The third kappa shape index (κ3) is 3.70. The zero-order chi connectivity index (χ0) is 18.9. The molecule has 1 unspecified atom stereocenters. The highest BCUT2D eigenvalue weighted by Crippen LogP contribution is 2.44. The molecule has 3 rings (SSSR count). The quantitative estimate of drug-likeness (QED) is 0.887. The predicted octanol–water partition coefficient (Wildman–Crippen LogP) is 2.59.